The predicted octanol–water partition coefficient (Wildman–Crippen LogP) is 1.51. The number of sulfonamides is 1. The van der Waals surface area contributed by atoms with Crippen molar-refractivity contribution in [3.63, 3.8) is 0 Å². The molecule has 0 saturated carbocycles. The van der Waals surface area contributed by atoms with Crippen molar-refractivity contribution in [3.05, 3.63) is 59.4 Å². The van der Waals surface area contributed by atoms with Crippen LogP contribution in [0.15, 0.2) is 47.4 Å². The molecule has 0 unspecified atom stereocenters. The lowest BCUT2D eigenvalue weighted by Crippen LogP contribution is -2.49. The van der Waals surface area contributed by atoms with Crippen LogP contribution >= 0.6 is 0 Å². The third-order valence-corrected chi connectivity index (χ3v) is 5.95. The lowest BCUT2D eigenvalue weighted by molar-refractivity contribution is -0.122. The summed E-state index contributed by atoms with van der Waals surface area (Å²) in [7, 11) is -3.92. The quantitative estimate of drug-likeness (QED) is 0.826. The third kappa shape index (κ3) is 4.15. The fraction of sp³-hybridized carbons (Fsp3) is 0.222. The normalized spacial score (nSPS) is 15.3. The first-order valence-electron chi connectivity index (χ1n) is 8.22. The molecule has 0 bridgehead atoms. The number of hydrogen-bond donors (Lipinski definition) is 2. The van der Waals surface area contributed by atoms with Crippen LogP contribution in [0.2, 0.25) is 0 Å². The first-order valence-corrected chi connectivity index (χ1v) is 9.66. The van der Waals surface area contributed by atoms with E-state index >= 15 is 0 Å². The van der Waals surface area contributed by atoms with Gasteiger partial charge in [0.05, 0.1) is 17.1 Å². The minimum absolute atomic E-state index is 0.0148. The van der Waals surface area contributed by atoms with Crippen molar-refractivity contribution in [3.8, 4) is 0 Å². The summed E-state index contributed by atoms with van der Waals surface area (Å²) in [6.45, 7) is 1.87. The molecule has 27 heavy (non-hydrogen) atoms. The molecule has 1 fully saturated rings. The predicted molar refractivity (Wildman–Crippen MR) is 97.3 cm³/mol. The number of hydrogen-bond acceptors (Lipinski definition) is 4. The average Bonchev–Trinajstić information content (AvgIpc) is 2.65. The van der Waals surface area contributed by atoms with Crippen molar-refractivity contribution in [2.24, 2.45) is 0 Å². The number of nitrogens with zero attached hydrogens (tertiary/aromatic N) is 1. The summed E-state index contributed by atoms with van der Waals surface area (Å²) in [6, 6.07) is 9.74. The summed E-state index contributed by atoms with van der Waals surface area (Å²) >= 11 is 0. The Hall–Kier alpha value is -2.78. The first kappa shape index (κ1) is 19.0. The molecule has 7 nitrogen and oxygen atoms in total. The van der Waals surface area contributed by atoms with Gasteiger partial charge in [0, 0.05) is 18.7 Å². The molecule has 1 saturated heterocycles. The van der Waals surface area contributed by atoms with Gasteiger partial charge >= 0.3 is 0 Å². The van der Waals surface area contributed by atoms with Gasteiger partial charge in [0.25, 0.3) is 5.91 Å². The van der Waals surface area contributed by atoms with Crippen molar-refractivity contribution in [2.45, 2.75) is 11.8 Å². The summed E-state index contributed by atoms with van der Waals surface area (Å²) < 4.78 is 40.3. The molecule has 2 aromatic carbocycles. The maximum atomic E-state index is 13.8. The van der Waals surface area contributed by atoms with Gasteiger partial charge in [-0.3, -0.25) is 9.59 Å². The van der Waals surface area contributed by atoms with Gasteiger partial charge in [-0.15, -0.1) is 0 Å². The Labute approximate surface area is 156 Å². The van der Waals surface area contributed by atoms with Crippen molar-refractivity contribution >= 4 is 27.5 Å². The zero-order valence-corrected chi connectivity index (χ0v) is 15.3. The SMILES string of the molecule is Cc1ccc(F)c(NC(=O)c2cccc(S(=O)(=O)N3CCNC(=O)C3)c2)c1. The van der Waals surface area contributed by atoms with Crippen LogP contribution < -0.4 is 10.6 Å². The molecule has 0 radical (unpaired) electrons. The molecular formula is C18H18FN3O4S. The van der Waals surface area contributed by atoms with Gasteiger partial charge in [0.1, 0.15) is 5.82 Å². The second kappa shape index (κ2) is 7.45. The third-order valence-electron chi connectivity index (χ3n) is 4.11. The summed E-state index contributed by atoms with van der Waals surface area (Å²) in [6.07, 6.45) is 0. The van der Waals surface area contributed by atoms with Crippen LogP contribution in [0.3, 0.4) is 0 Å². The van der Waals surface area contributed by atoms with E-state index in [-0.39, 0.29) is 41.7 Å². The number of carbonyl (C=O) groups excluding carboxylic acids is 2. The molecule has 2 amide bonds. The number of rotatable bonds is 4. The fourth-order valence-corrected chi connectivity index (χ4v) is 4.14. The Morgan fingerprint density at radius 2 is 2.00 bits per heavy atom. The molecule has 9 heteroatoms. The van der Waals surface area contributed by atoms with Gasteiger partial charge in [-0.25, -0.2) is 12.8 Å². The van der Waals surface area contributed by atoms with Crippen LogP contribution in [0.4, 0.5) is 10.1 Å². The topological polar surface area (TPSA) is 95.6 Å². The Morgan fingerprint density at radius 1 is 1.22 bits per heavy atom. The minimum atomic E-state index is -3.92. The van der Waals surface area contributed by atoms with E-state index in [1.807, 2.05) is 0 Å². The number of carbonyl (C=O) groups is 2. The van der Waals surface area contributed by atoms with Crippen LogP contribution in [0.1, 0.15) is 15.9 Å². The molecule has 2 N–H and O–H groups in total. The highest BCUT2D eigenvalue weighted by atomic mass is 32.2. The second-order valence-corrected chi connectivity index (χ2v) is 8.09. The molecule has 2 aromatic rings. The standard InChI is InChI=1S/C18H18FN3O4S/c1-12-5-6-15(19)16(9-12)21-18(24)13-3-2-4-14(10-13)27(25,26)22-8-7-20-17(23)11-22/h2-6,9-10H,7-8,11H2,1H3,(H,20,23)(H,21,24). The van der Waals surface area contributed by atoms with Crippen molar-refractivity contribution in [2.75, 3.05) is 25.0 Å². The Balaban J connectivity index is 1.85. The fourth-order valence-electron chi connectivity index (χ4n) is 2.70. The van der Waals surface area contributed by atoms with Crippen LogP contribution in [-0.2, 0) is 14.8 Å². The molecule has 0 atom stereocenters. The van der Waals surface area contributed by atoms with Crippen LogP contribution in [0, 0.1) is 12.7 Å². The van der Waals surface area contributed by atoms with E-state index in [1.165, 1.54) is 36.4 Å². The smallest absolute Gasteiger partial charge is 0.255 e. The van der Waals surface area contributed by atoms with E-state index in [1.54, 1.807) is 13.0 Å². The lowest BCUT2D eigenvalue weighted by Gasteiger charge is -2.26. The number of aryl methyl sites for hydroxylation is 1. The number of amides is 2. The first-order chi connectivity index (χ1) is 12.8. The van der Waals surface area contributed by atoms with Gasteiger partial charge in [-0.05, 0) is 42.8 Å². The molecule has 142 valence electrons. The highest BCUT2D eigenvalue weighted by Crippen LogP contribution is 2.20. The largest absolute Gasteiger partial charge is 0.354 e. The Kier molecular flexibility index (Phi) is 5.24. The molecule has 0 aromatic heterocycles. The zero-order valence-electron chi connectivity index (χ0n) is 14.5. The van der Waals surface area contributed by atoms with Crippen LogP contribution in [0.5, 0.6) is 0 Å². The van der Waals surface area contributed by atoms with E-state index in [4.69, 9.17) is 0 Å². The minimum Gasteiger partial charge on any atom is -0.354 e. The van der Waals surface area contributed by atoms with Gasteiger partial charge in [0.15, 0.2) is 0 Å². The molecule has 1 aliphatic heterocycles. The number of anilines is 1. The summed E-state index contributed by atoms with van der Waals surface area (Å²) in [4.78, 5) is 23.8. The lowest BCUT2D eigenvalue weighted by atomic mass is 10.2. The molecular weight excluding hydrogens is 373 g/mol. The molecule has 3 rings (SSSR count). The summed E-state index contributed by atoms with van der Waals surface area (Å²) in [5.41, 5.74) is 0.853. The Bertz CT molecular complexity index is 1010. The second-order valence-electron chi connectivity index (χ2n) is 6.15. The maximum absolute atomic E-state index is 13.8. The monoisotopic (exact) mass is 391 g/mol. The van der Waals surface area contributed by atoms with Gasteiger partial charge in [-0.1, -0.05) is 12.1 Å². The highest BCUT2D eigenvalue weighted by molar-refractivity contribution is 7.89. The van der Waals surface area contributed by atoms with E-state index in [2.05, 4.69) is 10.6 Å². The Morgan fingerprint density at radius 3 is 2.74 bits per heavy atom. The van der Waals surface area contributed by atoms with Crippen molar-refractivity contribution in [1.82, 2.24) is 9.62 Å². The van der Waals surface area contributed by atoms with Gasteiger partial charge in [0.2, 0.25) is 15.9 Å². The zero-order chi connectivity index (χ0) is 19.6. The molecule has 0 spiro atoms. The van der Waals surface area contributed by atoms with E-state index in [9.17, 15) is 22.4 Å². The molecule has 0 aliphatic carbocycles. The summed E-state index contributed by atoms with van der Waals surface area (Å²) in [5.74, 6) is -1.60. The maximum Gasteiger partial charge on any atom is 0.255 e. The van der Waals surface area contributed by atoms with E-state index < -0.39 is 21.7 Å². The number of benzene rings is 2. The highest BCUT2D eigenvalue weighted by Gasteiger charge is 2.29. The van der Waals surface area contributed by atoms with Crippen molar-refractivity contribution < 1.29 is 22.4 Å². The van der Waals surface area contributed by atoms with Gasteiger partial charge < -0.3 is 10.6 Å². The summed E-state index contributed by atoms with van der Waals surface area (Å²) in [5, 5.41) is 5.00. The van der Waals surface area contributed by atoms with E-state index in [0.717, 1.165) is 9.87 Å². The number of halogens is 1. The van der Waals surface area contributed by atoms with Crippen molar-refractivity contribution in [1.29, 1.82) is 0 Å². The molecule has 1 heterocycles. The van der Waals surface area contributed by atoms with Gasteiger partial charge in [-0.2, -0.15) is 4.31 Å². The average molecular weight is 391 g/mol. The van der Waals surface area contributed by atoms with Crippen LogP contribution in [0.25, 0.3) is 0 Å². The van der Waals surface area contributed by atoms with Crippen LogP contribution in [-0.4, -0.2) is 44.2 Å². The van der Waals surface area contributed by atoms with E-state index in [0.29, 0.717) is 0 Å². The number of piperazine rings is 1. The number of nitrogens with one attached hydrogen (secondary N) is 2. The molecule has 1 aliphatic rings.